The fraction of sp³-hybridized carbons (Fsp3) is 0.714. The van der Waals surface area contributed by atoms with E-state index in [0.29, 0.717) is 13.0 Å². The molecule has 1 aromatic rings. The van der Waals surface area contributed by atoms with Crippen molar-refractivity contribution in [1.82, 2.24) is 4.31 Å². The SMILES string of the molecule is C[C@@H]1c2ccsc2CCN1S(=O)(=O)CC[C@@H]1CCCO1. The number of hydrogen-bond donors (Lipinski definition) is 0. The third-order valence-corrected chi connectivity index (χ3v) is 7.26. The van der Waals surface area contributed by atoms with Gasteiger partial charge in [0.25, 0.3) is 0 Å². The number of rotatable bonds is 4. The molecule has 2 aliphatic heterocycles. The monoisotopic (exact) mass is 315 g/mol. The summed E-state index contributed by atoms with van der Waals surface area (Å²) in [7, 11) is -3.18. The van der Waals surface area contributed by atoms with Gasteiger partial charge in [-0.05, 0) is 49.6 Å². The van der Waals surface area contributed by atoms with E-state index in [-0.39, 0.29) is 17.9 Å². The van der Waals surface area contributed by atoms with Gasteiger partial charge in [0.2, 0.25) is 10.0 Å². The lowest BCUT2D eigenvalue weighted by Crippen LogP contribution is -2.40. The lowest BCUT2D eigenvalue weighted by molar-refractivity contribution is 0.108. The highest BCUT2D eigenvalue weighted by molar-refractivity contribution is 7.89. The summed E-state index contributed by atoms with van der Waals surface area (Å²) in [5.41, 5.74) is 1.18. The molecule has 0 unspecified atom stereocenters. The normalized spacial score (nSPS) is 27.6. The molecule has 2 atom stereocenters. The quantitative estimate of drug-likeness (QED) is 0.858. The van der Waals surface area contributed by atoms with E-state index in [2.05, 4.69) is 11.4 Å². The number of fused-ring (bicyclic) bond motifs is 1. The molecule has 0 spiro atoms. The summed E-state index contributed by atoms with van der Waals surface area (Å²) in [6, 6.07) is 2.03. The molecule has 1 fully saturated rings. The molecule has 0 amide bonds. The zero-order valence-electron chi connectivity index (χ0n) is 11.7. The van der Waals surface area contributed by atoms with Crippen LogP contribution in [0.5, 0.6) is 0 Å². The topological polar surface area (TPSA) is 46.6 Å². The van der Waals surface area contributed by atoms with Crippen molar-refractivity contribution < 1.29 is 13.2 Å². The summed E-state index contributed by atoms with van der Waals surface area (Å²) in [4.78, 5) is 1.34. The fourth-order valence-electron chi connectivity index (χ4n) is 3.14. The molecule has 0 bridgehead atoms. The molecular weight excluding hydrogens is 294 g/mol. The Morgan fingerprint density at radius 1 is 1.50 bits per heavy atom. The molecule has 1 saturated heterocycles. The molecule has 0 radical (unpaired) electrons. The summed E-state index contributed by atoms with van der Waals surface area (Å²) in [5, 5.41) is 2.06. The zero-order chi connectivity index (χ0) is 14.2. The molecule has 6 heteroatoms. The molecule has 1 aromatic heterocycles. The summed E-state index contributed by atoms with van der Waals surface area (Å²) in [6.07, 6.45) is 3.67. The lowest BCUT2D eigenvalue weighted by Gasteiger charge is -2.32. The van der Waals surface area contributed by atoms with Crippen molar-refractivity contribution in [2.24, 2.45) is 0 Å². The maximum Gasteiger partial charge on any atom is 0.214 e. The van der Waals surface area contributed by atoms with Gasteiger partial charge in [-0.2, -0.15) is 4.31 Å². The highest BCUT2D eigenvalue weighted by atomic mass is 32.2. The Morgan fingerprint density at radius 2 is 2.35 bits per heavy atom. The summed E-state index contributed by atoms with van der Waals surface area (Å²) in [5.74, 6) is 0.210. The highest BCUT2D eigenvalue weighted by Crippen LogP contribution is 2.34. The first-order valence-electron chi connectivity index (χ1n) is 7.25. The third kappa shape index (κ3) is 2.79. The largest absolute Gasteiger partial charge is 0.378 e. The second-order valence-electron chi connectivity index (χ2n) is 5.58. The van der Waals surface area contributed by atoms with Gasteiger partial charge in [-0.25, -0.2) is 8.42 Å². The van der Waals surface area contributed by atoms with Gasteiger partial charge in [0.15, 0.2) is 0 Å². The van der Waals surface area contributed by atoms with E-state index < -0.39 is 10.0 Å². The molecule has 4 nitrogen and oxygen atoms in total. The van der Waals surface area contributed by atoms with E-state index in [4.69, 9.17) is 4.74 Å². The number of ether oxygens (including phenoxy) is 1. The van der Waals surface area contributed by atoms with E-state index in [1.54, 1.807) is 15.6 Å². The second kappa shape index (κ2) is 5.75. The van der Waals surface area contributed by atoms with Crippen LogP contribution in [0.3, 0.4) is 0 Å². The summed E-state index contributed by atoms with van der Waals surface area (Å²) < 4.78 is 32.3. The Labute approximate surface area is 124 Å². The van der Waals surface area contributed by atoms with Crippen molar-refractivity contribution in [2.75, 3.05) is 18.9 Å². The van der Waals surface area contributed by atoms with Crippen LogP contribution in [0, 0.1) is 0 Å². The van der Waals surface area contributed by atoms with E-state index in [1.807, 2.05) is 6.92 Å². The van der Waals surface area contributed by atoms with Crippen molar-refractivity contribution in [3.05, 3.63) is 21.9 Å². The van der Waals surface area contributed by atoms with Gasteiger partial charge in [-0.1, -0.05) is 0 Å². The molecule has 112 valence electrons. The molecular formula is C14H21NO3S2. The molecule has 20 heavy (non-hydrogen) atoms. The van der Waals surface area contributed by atoms with E-state index in [1.165, 1.54) is 10.4 Å². The summed E-state index contributed by atoms with van der Waals surface area (Å²) in [6.45, 7) is 3.39. The van der Waals surface area contributed by atoms with Gasteiger partial charge in [-0.3, -0.25) is 0 Å². The van der Waals surface area contributed by atoms with Gasteiger partial charge in [0, 0.05) is 24.1 Å². The van der Waals surface area contributed by atoms with Crippen LogP contribution in [0.15, 0.2) is 11.4 Å². The van der Waals surface area contributed by atoms with Crippen LogP contribution in [0.1, 0.15) is 42.7 Å². The van der Waals surface area contributed by atoms with Crippen LogP contribution < -0.4 is 0 Å². The van der Waals surface area contributed by atoms with Crippen LogP contribution in [0.4, 0.5) is 0 Å². The molecule has 2 aliphatic rings. The molecule has 0 saturated carbocycles. The standard InChI is InChI=1S/C14H21NO3S2/c1-11-13-5-9-19-14(13)4-7-15(11)20(16,17)10-6-12-3-2-8-18-12/h5,9,11-12H,2-4,6-8,10H2,1H3/t11-,12+/m1/s1. The smallest absolute Gasteiger partial charge is 0.214 e. The average molecular weight is 315 g/mol. The van der Waals surface area contributed by atoms with Crippen molar-refractivity contribution in [3.63, 3.8) is 0 Å². The van der Waals surface area contributed by atoms with E-state index in [9.17, 15) is 8.42 Å². The number of sulfonamides is 1. The predicted molar refractivity (Wildman–Crippen MR) is 80.5 cm³/mol. The van der Waals surface area contributed by atoms with Crippen LogP contribution in [0.25, 0.3) is 0 Å². The Kier molecular flexibility index (Phi) is 4.17. The summed E-state index contributed by atoms with van der Waals surface area (Å²) >= 11 is 1.73. The van der Waals surface area contributed by atoms with Crippen molar-refractivity contribution in [1.29, 1.82) is 0 Å². The maximum atomic E-state index is 12.6. The molecule has 0 aromatic carbocycles. The Balaban J connectivity index is 1.68. The lowest BCUT2D eigenvalue weighted by atomic mass is 10.0. The highest BCUT2D eigenvalue weighted by Gasteiger charge is 2.33. The zero-order valence-corrected chi connectivity index (χ0v) is 13.4. The number of nitrogens with zero attached hydrogens (tertiary/aromatic N) is 1. The van der Waals surface area contributed by atoms with Crippen molar-refractivity contribution >= 4 is 21.4 Å². The fourth-order valence-corrected chi connectivity index (χ4v) is 5.86. The van der Waals surface area contributed by atoms with Gasteiger partial charge < -0.3 is 4.74 Å². The second-order valence-corrected chi connectivity index (χ2v) is 8.62. The maximum absolute atomic E-state index is 12.6. The Morgan fingerprint density at radius 3 is 3.10 bits per heavy atom. The number of hydrogen-bond acceptors (Lipinski definition) is 4. The van der Waals surface area contributed by atoms with Crippen molar-refractivity contribution in [3.8, 4) is 0 Å². The molecule has 3 heterocycles. The first kappa shape index (κ1) is 14.5. The van der Waals surface area contributed by atoms with Gasteiger partial charge in [0.05, 0.1) is 11.9 Å². The number of thiophene rings is 1. The van der Waals surface area contributed by atoms with E-state index in [0.717, 1.165) is 25.9 Å². The Bertz CT molecular complexity index is 561. The van der Waals surface area contributed by atoms with Crippen molar-refractivity contribution in [2.45, 2.75) is 44.8 Å². The minimum Gasteiger partial charge on any atom is -0.378 e. The molecule has 0 aliphatic carbocycles. The minimum atomic E-state index is -3.18. The van der Waals surface area contributed by atoms with Crippen LogP contribution in [-0.2, 0) is 21.2 Å². The van der Waals surface area contributed by atoms with Crippen LogP contribution in [0.2, 0.25) is 0 Å². The first-order valence-corrected chi connectivity index (χ1v) is 9.74. The molecule has 0 N–H and O–H groups in total. The third-order valence-electron chi connectivity index (χ3n) is 4.30. The molecule has 3 rings (SSSR count). The minimum absolute atomic E-state index is 0.0282. The van der Waals surface area contributed by atoms with Gasteiger partial charge in [0.1, 0.15) is 0 Å². The average Bonchev–Trinajstić information content (AvgIpc) is 3.08. The van der Waals surface area contributed by atoms with E-state index >= 15 is 0 Å². The van der Waals surface area contributed by atoms with Gasteiger partial charge in [-0.15, -0.1) is 11.3 Å². The van der Waals surface area contributed by atoms with Gasteiger partial charge >= 0.3 is 0 Å². The van der Waals surface area contributed by atoms with Crippen LogP contribution >= 0.6 is 11.3 Å². The first-order chi connectivity index (χ1) is 9.58. The predicted octanol–water partition coefficient (Wildman–Crippen LogP) is 2.57. The van der Waals surface area contributed by atoms with Crippen LogP contribution in [-0.4, -0.2) is 37.7 Å². The Hall–Kier alpha value is -0.430.